The molecule has 6 nitrogen and oxygen atoms in total. The number of halogens is 4. The molecule has 2 saturated heterocycles. The number of nitrogens with zero attached hydrogens (tertiary/aromatic N) is 2. The third-order valence-corrected chi connectivity index (χ3v) is 11.9. The molecule has 0 atom stereocenters. The van der Waals surface area contributed by atoms with E-state index < -0.39 is 36.6 Å². The molecule has 2 aliphatic rings. The number of hydrogen-bond donors (Lipinski definition) is 0. The van der Waals surface area contributed by atoms with Crippen molar-refractivity contribution in [2.24, 2.45) is 0 Å². The van der Waals surface area contributed by atoms with Crippen LogP contribution in [-0.2, 0) is 31.7 Å². The van der Waals surface area contributed by atoms with Crippen LogP contribution in [0.25, 0.3) is 11.1 Å². The Morgan fingerprint density at radius 1 is 0.500 bits per heavy atom. The van der Waals surface area contributed by atoms with E-state index in [4.69, 9.17) is 65.0 Å². The lowest BCUT2D eigenvalue weighted by molar-refractivity contribution is -0.918. The molecule has 48 heavy (non-hydrogen) atoms. The molecule has 0 saturated carbocycles. The molecule has 2 aromatic rings. The highest BCUT2D eigenvalue weighted by Gasteiger charge is 2.53. The Morgan fingerprint density at radius 3 is 1.02 bits per heavy atom. The molecule has 12 heteroatoms. The summed E-state index contributed by atoms with van der Waals surface area (Å²) in [6.07, 6.45) is 0. The maximum Gasteiger partial charge on any atom is 0.495 e. The van der Waals surface area contributed by atoms with Crippen molar-refractivity contribution in [3.05, 3.63) is 47.5 Å². The molecule has 2 aromatic carbocycles. The van der Waals surface area contributed by atoms with Gasteiger partial charge in [-0.3, -0.25) is 0 Å². The minimum Gasteiger partial charge on any atom is -0.399 e. The summed E-state index contributed by atoms with van der Waals surface area (Å²) >= 11 is 25.3. The lowest BCUT2D eigenvalue weighted by Gasteiger charge is -2.35. The number of benzene rings is 2. The van der Waals surface area contributed by atoms with Crippen molar-refractivity contribution in [2.75, 3.05) is 63.8 Å². The molecule has 266 valence electrons. The monoisotopic (exact) mass is 742 g/mol. The summed E-state index contributed by atoms with van der Waals surface area (Å²) in [5.41, 5.74) is 4.80. The van der Waals surface area contributed by atoms with E-state index in [-0.39, 0.29) is 0 Å². The molecule has 0 amide bonds. The third kappa shape index (κ3) is 8.74. The molecule has 2 fully saturated rings. The van der Waals surface area contributed by atoms with Crippen molar-refractivity contribution in [1.82, 2.24) is 0 Å². The van der Waals surface area contributed by atoms with Gasteiger partial charge in [0.25, 0.3) is 0 Å². The zero-order valence-corrected chi connectivity index (χ0v) is 33.8. The Balaban J connectivity index is 1.84. The van der Waals surface area contributed by atoms with Crippen LogP contribution in [0.2, 0.25) is 0 Å². The summed E-state index contributed by atoms with van der Waals surface area (Å²) in [6.45, 7) is 21.4. The first kappa shape index (κ1) is 40.3. The molecule has 0 N–H and O–H groups in total. The third-order valence-electron chi connectivity index (χ3n) is 11.2. The van der Waals surface area contributed by atoms with Gasteiger partial charge in [0.2, 0.25) is 0 Å². The standard InChI is InChI=1S/C36H56B2Cl4N2O4/c1-33(2)34(3,4)46-37(45-33)31-13-11-27(23-29(31)25-43(9,19-15-39)20-16-40)28-12-14-32(38-47-35(5,6)36(7,8)48-38)30(24-28)26-44(10,21-17-41)22-18-42/h11-14,23-24H,15-22,25-26H2,1-10H3/q+2. The molecule has 0 radical (unpaired) electrons. The number of quaternary nitrogens is 2. The summed E-state index contributed by atoms with van der Waals surface area (Å²) in [4.78, 5) is 0. The van der Waals surface area contributed by atoms with Gasteiger partial charge in [0.15, 0.2) is 0 Å². The Morgan fingerprint density at radius 2 is 0.771 bits per heavy atom. The van der Waals surface area contributed by atoms with E-state index in [1.807, 2.05) is 0 Å². The fraction of sp³-hybridized carbons (Fsp3) is 0.667. The topological polar surface area (TPSA) is 36.9 Å². The van der Waals surface area contributed by atoms with Crippen molar-refractivity contribution in [3.63, 3.8) is 0 Å². The summed E-state index contributed by atoms with van der Waals surface area (Å²) < 4.78 is 27.7. The van der Waals surface area contributed by atoms with E-state index in [9.17, 15) is 0 Å². The molecule has 0 aromatic heterocycles. The van der Waals surface area contributed by atoms with Gasteiger partial charge in [-0.2, -0.15) is 0 Å². The molecule has 2 heterocycles. The van der Waals surface area contributed by atoms with Gasteiger partial charge in [0.05, 0.1) is 86.2 Å². The van der Waals surface area contributed by atoms with Gasteiger partial charge in [0.1, 0.15) is 13.1 Å². The van der Waals surface area contributed by atoms with Crippen molar-refractivity contribution < 1.29 is 27.6 Å². The van der Waals surface area contributed by atoms with Crippen LogP contribution in [0.3, 0.4) is 0 Å². The fourth-order valence-electron chi connectivity index (χ4n) is 6.42. The second-order valence-corrected chi connectivity index (χ2v) is 17.7. The fourth-order valence-corrected chi connectivity index (χ4v) is 8.06. The van der Waals surface area contributed by atoms with Crippen LogP contribution >= 0.6 is 46.4 Å². The zero-order valence-electron chi connectivity index (χ0n) is 30.7. The summed E-state index contributed by atoms with van der Waals surface area (Å²) in [5.74, 6) is 2.18. The van der Waals surface area contributed by atoms with E-state index in [2.05, 4.69) is 106 Å². The molecule has 2 aliphatic heterocycles. The highest BCUT2D eigenvalue weighted by molar-refractivity contribution is 6.63. The Labute approximate surface area is 311 Å². The largest absolute Gasteiger partial charge is 0.495 e. The molecule has 0 aliphatic carbocycles. The number of hydrogen-bond acceptors (Lipinski definition) is 4. The van der Waals surface area contributed by atoms with Crippen LogP contribution in [0.5, 0.6) is 0 Å². The van der Waals surface area contributed by atoms with Crippen molar-refractivity contribution in [3.8, 4) is 11.1 Å². The molecule has 0 bridgehead atoms. The van der Waals surface area contributed by atoms with Crippen LogP contribution in [0.4, 0.5) is 0 Å². The second-order valence-electron chi connectivity index (χ2n) is 16.2. The average molecular weight is 744 g/mol. The first-order valence-electron chi connectivity index (χ1n) is 17.1. The van der Waals surface area contributed by atoms with Crippen LogP contribution in [0.1, 0.15) is 66.5 Å². The van der Waals surface area contributed by atoms with Crippen molar-refractivity contribution >= 4 is 71.6 Å². The Hall–Kier alpha value is -0.510. The molecule has 0 unspecified atom stereocenters. The van der Waals surface area contributed by atoms with Gasteiger partial charge in [-0.25, -0.2) is 0 Å². The van der Waals surface area contributed by atoms with Crippen molar-refractivity contribution in [2.45, 2.75) is 90.9 Å². The summed E-state index contributed by atoms with van der Waals surface area (Å²) in [5, 5.41) is 0. The SMILES string of the molecule is CC1(C)OB(c2ccc(-c3ccc(B4OC(C)(C)C(C)(C)O4)c(C[N+](C)(CCCl)CCCl)c3)cc2C[N+](C)(CCCl)CCCl)OC1(C)C. The summed E-state index contributed by atoms with van der Waals surface area (Å²) in [6, 6.07) is 13.3. The van der Waals surface area contributed by atoms with Crippen LogP contribution < -0.4 is 10.9 Å². The van der Waals surface area contributed by atoms with Gasteiger partial charge < -0.3 is 27.6 Å². The van der Waals surface area contributed by atoms with Crippen LogP contribution in [0, 0.1) is 0 Å². The Bertz CT molecular complexity index is 1270. The predicted octanol–water partition coefficient (Wildman–Crippen LogP) is 6.80. The van der Waals surface area contributed by atoms with Gasteiger partial charge in [-0.1, -0.05) is 24.3 Å². The van der Waals surface area contributed by atoms with E-state index in [0.717, 1.165) is 72.4 Å². The highest BCUT2D eigenvalue weighted by atomic mass is 35.5. The maximum atomic E-state index is 6.56. The number of rotatable bonds is 15. The van der Waals surface area contributed by atoms with Gasteiger partial charge in [-0.15, -0.1) is 46.4 Å². The second kappa shape index (κ2) is 15.2. The quantitative estimate of drug-likeness (QED) is 0.114. The Kier molecular flexibility index (Phi) is 12.8. The first-order valence-corrected chi connectivity index (χ1v) is 19.3. The van der Waals surface area contributed by atoms with Gasteiger partial charge in [-0.05, 0) is 89.6 Å². The molecule has 0 spiro atoms. The lowest BCUT2D eigenvalue weighted by Crippen LogP contribution is -2.48. The summed E-state index contributed by atoms with van der Waals surface area (Å²) in [7, 11) is 3.47. The minimum atomic E-state index is -0.482. The molecule has 4 rings (SSSR count). The van der Waals surface area contributed by atoms with Crippen LogP contribution in [-0.4, -0.2) is 109 Å². The van der Waals surface area contributed by atoms with E-state index in [0.29, 0.717) is 32.5 Å². The zero-order chi connectivity index (χ0) is 35.8. The maximum absolute atomic E-state index is 6.56. The van der Waals surface area contributed by atoms with Gasteiger partial charge in [0, 0.05) is 11.1 Å². The highest BCUT2D eigenvalue weighted by Crippen LogP contribution is 2.39. The normalized spacial score (nSPS) is 20.1. The predicted molar refractivity (Wildman–Crippen MR) is 205 cm³/mol. The van der Waals surface area contributed by atoms with E-state index in [1.54, 1.807) is 0 Å². The molecular formula is C36H56B2Cl4N2O4+2. The van der Waals surface area contributed by atoms with E-state index in [1.165, 1.54) is 0 Å². The average Bonchev–Trinajstić information content (AvgIpc) is 3.32. The van der Waals surface area contributed by atoms with Gasteiger partial charge >= 0.3 is 14.2 Å². The van der Waals surface area contributed by atoms with Crippen LogP contribution in [0.15, 0.2) is 36.4 Å². The first-order chi connectivity index (χ1) is 22.2. The minimum absolute atomic E-state index is 0.451. The number of alkyl halides is 4. The van der Waals surface area contributed by atoms with E-state index >= 15 is 0 Å². The smallest absolute Gasteiger partial charge is 0.399 e. The van der Waals surface area contributed by atoms with Crippen molar-refractivity contribution in [1.29, 1.82) is 0 Å². The molecular weight excluding hydrogens is 688 g/mol. The lowest BCUT2D eigenvalue weighted by atomic mass is 9.73.